The van der Waals surface area contributed by atoms with Gasteiger partial charge in [-0.15, -0.1) is 0 Å². The summed E-state index contributed by atoms with van der Waals surface area (Å²) < 4.78 is 0. The fraction of sp³-hybridized carbons (Fsp3) is 0.375. The van der Waals surface area contributed by atoms with Crippen LogP contribution in [0.4, 0.5) is 0 Å². The van der Waals surface area contributed by atoms with Crippen molar-refractivity contribution in [1.29, 1.82) is 0 Å². The van der Waals surface area contributed by atoms with E-state index in [4.69, 9.17) is 0 Å². The van der Waals surface area contributed by atoms with E-state index < -0.39 is 17.8 Å². The van der Waals surface area contributed by atoms with Crippen LogP contribution in [0.5, 0.6) is 0 Å². The monoisotopic (exact) mass is 496 g/mol. The fourth-order valence-corrected chi connectivity index (χ4v) is 6.24. The molecule has 5 rings (SSSR count). The standard InChI is InChI=1S/C32H36N2O3/c1-22(26-17-9-13-24-12-5-6-14-28(24)26)33-20-25-21-34(19-18-27(25)23-10-3-2-4-11-23)31(35)29-15-7-8-16-30(29)32(36)37/h2-14,17,22,25,27,29-30,33H,15-16,18-21H2,1H3,(H,36,37)/t22-,25?,27?,29-,30+/m1/s1. The highest BCUT2D eigenvalue weighted by molar-refractivity contribution is 5.86. The van der Waals surface area contributed by atoms with Crippen LogP contribution in [0.3, 0.4) is 0 Å². The van der Waals surface area contributed by atoms with Crippen molar-refractivity contribution in [2.75, 3.05) is 19.6 Å². The van der Waals surface area contributed by atoms with Crippen molar-refractivity contribution in [1.82, 2.24) is 10.2 Å². The third-order valence-corrected chi connectivity index (χ3v) is 8.32. The summed E-state index contributed by atoms with van der Waals surface area (Å²) in [4.78, 5) is 27.4. The lowest BCUT2D eigenvalue weighted by Crippen LogP contribution is -2.50. The Morgan fingerprint density at radius 3 is 2.43 bits per heavy atom. The highest BCUT2D eigenvalue weighted by Crippen LogP contribution is 2.36. The first-order valence-corrected chi connectivity index (χ1v) is 13.5. The molecule has 2 unspecified atom stereocenters. The number of carbonyl (C=O) groups excluding carboxylic acids is 1. The molecule has 1 aliphatic carbocycles. The third-order valence-electron chi connectivity index (χ3n) is 8.32. The molecule has 1 aliphatic heterocycles. The number of carboxylic acids is 1. The first-order chi connectivity index (χ1) is 18.0. The topological polar surface area (TPSA) is 69.6 Å². The zero-order valence-corrected chi connectivity index (χ0v) is 21.4. The van der Waals surface area contributed by atoms with Crippen LogP contribution in [0.2, 0.25) is 0 Å². The molecule has 192 valence electrons. The van der Waals surface area contributed by atoms with Crippen LogP contribution in [-0.2, 0) is 9.59 Å². The molecule has 0 bridgehead atoms. The normalized spacial score (nSPS) is 24.6. The van der Waals surface area contributed by atoms with Crippen LogP contribution in [0.1, 0.15) is 49.3 Å². The molecule has 0 saturated carbocycles. The van der Waals surface area contributed by atoms with Gasteiger partial charge in [-0.1, -0.05) is 84.9 Å². The summed E-state index contributed by atoms with van der Waals surface area (Å²) in [7, 11) is 0. The number of nitrogens with one attached hydrogen (secondary N) is 1. The maximum atomic E-state index is 13.6. The lowest BCUT2D eigenvalue weighted by atomic mass is 9.78. The molecular weight excluding hydrogens is 460 g/mol. The van der Waals surface area contributed by atoms with Crippen molar-refractivity contribution in [2.24, 2.45) is 17.8 Å². The quantitative estimate of drug-likeness (QED) is 0.406. The van der Waals surface area contributed by atoms with Crippen LogP contribution in [0.25, 0.3) is 10.8 Å². The number of hydrogen-bond donors (Lipinski definition) is 2. The van der Waals surface area contributed by atoms with Gasteiger partial charge in [-0.3, -0.25) is 9.59 Å². The fourth-order valence-electron chi connectivity index (χ4n) is 6.24. The number of rotatable bonds is 7. The SMILES string of the molecule is C[C@@H](NCC1CN(C(=O)[C@@H]2CC=CC[C@@H]2C(=O)O)CCC1c1ccccc1)c1cccc2ccccc12. The lowest BCUT2D eigenvalue weighted by molar-refractivity contribution is -0.151. The maximum absolute atomic E-state index is 13.6. The Kier molecular flexibility index (Phi) is 7.71. The van der Waals surface area contributed by atoms with Crippen molar-refractivity contribution >= 4 is 22.6 Å². The number of carbonyl (C=O) groups is 2. The maximum Gasteiger partial charge on any atom is 0.307 e. The summed E-state index contributed by atoms with van der Waals surface area (Å²) in [6.07, 6.45) is 5.68. The van der Waals surface area contributed by atoms with E-state index in [2.05, 4.69) is 79.0 Å². The third kappa shape index (κ3) is 5.47. The molecule has 3 aromatic rings. The van der Waals surface area contributed by atoms with Gasteiger partial charge >= 0.3 is 5.97 Å². The largest absolute Gasteiger partial charge is 0.481 e. The second-order valence-corrected chi connectivity index (χ2v) is 10.5. The molecule has 5 nitrogen and oxygen atoms in total. The van der Waals surface area contributed by atoms with Gasteiger partial charge in [0.25, 0.3) is 0 Å². The highest BCUT2D eigenvalue weighted by Gasteiger charge is 2.39. The van der Waals surface area contributed by atoms with Crippen molar-refractivity contribution in [3.8, 4) is 0 Å². The number of hydrogen-bond acceptors (Lipinski definition) is 3. The minimum atomic E-state index is -0.871. The van der Waals surface area contributed by atoms with Crippen molar-refractivity contribution in [2.45, 2.75) is 38.1 Å². The predicted molar refractivity (Wildman–Crippen MR) is 147 cm³/mol. The van der Waals surface area contributed by atoms with Gasteiger partial charge in [-0.05, 0) is 59.9 Å². The minimum Gasteiger partial charge on any atom is -0.481 e. The lowest BCUT2D eigenvalue weighted by Gasteiger charge is -2.41. The first-order valence-electron chi connectivity index (χ1n) is 13.5. The average molecular weight is 497 g/mol. The summed E-state index contributed by atoms with van der Waals surface area (Å²) in [5, 5.41) is 16.0. The molecule has 1 amide bonds. The van der Waals surface area contributed by atoms with E-state index >= 15 is 0 Å². The zero-order chi connectivity index (χ0) is 25.8. The van der Waals surface area contributed by atoms with Crippen LogP contribution < -0.4 is 5.32 Å². The molecule has 1 heterocycles. The summed E-state index contributed by atoms with van der Waals surface area (Å²) in [6.45, 7) is 4.29. The van der Waals surface area contributed by atoms with Gasteiger partial charge in [0.15, 0.2) is 0 Å². The van der Waals surface area contributed by atoms with Gasteiger partial charge in [0.1, 0.15) is 0 Å². The van der Waals surface area contributed by atoms with Crippen LogP contribution >= 0.6 is 0 Å². The Balaban J connectivity index is 1.34. The smallest absolute Gasteiger partial charge is 0.307 e. The van der Waals surface area contributed by atoms with E-state index in [0.717, 1.165) is 13.0 Å². The summed E-state index contributed by atoms with van der Waals surface area (Å²) in [6, 6.07) is 25.7. The van der Waals surface area contributed by atoms with E-state index in [-0.39, 0.29) is 17.9 Å². The minimum absolute atomic E-state index is 0.00429. The Morgan fingerprint density at radius 2 is 1.65 bits per heavy atom. The number of nitrogens with zero attached hydrogens (tertiary/aromatic N) is 1. The van der Waals surface area contributed by atoms with Gasteiger partial charge in [0.05, 0.1) is 11.8 Å². The van der Waals surface area contributed by atoms with Crippen molar-refractivity contribution < 1.29 is 14.7 Å². The zero-order valence-electron chi connectivity index (χ0n) is 21.4. The first kappa shape index (κ1) is 25.2. The van der Waals surface area contributed by atoms with Crippen molar-refractivity contribution in [3.05, 3.63) is 96.1 Å². The van der Waals surface area contributed by atoms with E-state index in [9.17, 15) is 14.7 Å². The van der Waals surface area contributed by atoms with E-state index in [1.807, 2.05) is 23.1 Å². The molecular formula is C32H36N2O3. The number of fused-ring (bicyclic) bond motifs is 1. The molecule has 3 aromatic carbocycles. The van der Waals surface area contributed by atoms with Gasteiger partial charge in [0, 0.05) is 25.7 Å². The Hall–Kier alpha value is -3.44. The molecule has 2 N–H and O–H groups in total. The van der Waals surface area contributed by atoms with Crippen LogP contribution in [0, 0.1) is 17.8 Å². The Bertz CT molecular complexity index is 1270. The molecule has 5 heteroatoms. The number of piperidine rings is 1. The summed E-state index contributed by atoms with van der Waals surface area (Å²) in [5.74, 6) is -1.40. The van der Waals surface area contributed by atoms with Gasteiger partial charge in [-0.25, -0.2) is 0 Å². The molecule has 0 spiro atoms. The second kappa shape index (κ2) is 11.3. The summed E-state index contributed by atoms with van der Waals surface area (Å²) in [5.41, 5.74) is 2.58. The molecule has 37 heavy (non-hydrogen) atoms. The number of aliphatic carboxylic acids is 1. The summed E-state index contributed by atoms with van der Waals surface area (Å²) >= 11 is 0. The number of benzene rings is 3. The number of amides is 1. The molecule has 1 saturated heterocycles. The number of likely N-dealkylation sites (tertiary alicyclic amines) is 1. The molecule has 1 fully saturated rings. The van der Waals surface area contributed by atoms with Crippen molar-refractivity contribution in [3.63, 3.8) is 0 Å². The van der Waals surface area contributed by atoms with Gasteiger partial charge in [0.2, 0.25) is 5.91 Å². The van der Waals surface area contributed by atoms with Crippen LogP contribution in [0.15, 0.2) is 84.9 Å². The second-order valence-electron chi connectivity index (χ2n) is 10.5. The Labute approximate surface area is 219 Å². The van der Waals surface area contributed by atoms with E-state index in [0.29, 0.717) is 31.8 Å². The Morgan fingerprint density at radius 1 is 0.946 bits per heavy atom. The van der Waals surface area contributed by atoms with Gasteiger partial charge in [-0.2, -0.15) is 0 Å². The average Bonchev–Trinajstić information content (AvgIpc) is 2.95. The highest BCUT2D eigenvalue weighted by atomic mass is 16.4. The molecule has 0 radical (unpaired) electrons. The molecule has 0 aromatic heterocycles. The van der Waals surface area contributed by atoms with E-state index in [1.54, 1.807) is 0 Å². The van der Waals surface area contributed by atoms with E-state index in [1.165, 1.54) is 21.9 Å². The number of allylic oxidation sites excluding steroid dienone is 2. The van der Waals surface area contributed by atoms with Crippen LogP contribution in [-0.4, -0.2) is 41.5 Å². The predicted octanol–water partition coefficient (Wildman–Crippen LogP) is 5.79. The van der Waals surface area contributed by atoms with Gasteiger partial charge < -0.3 is 15.3 Å². The number of carboxylic acid groups (broad SMARTS) is 1. The molecule has 2 aliphatic rings. The molecule has 5 atom stereocenters.